The molecule has 0 bridgehead atoms. The Labute approximate surface area is 214 Å². The number of aromatic nitrogens is 5. The number of hydrogen-bond donors (Lipinski definition) is 2. The highest BCUT2D eigenvalue weighted by Crippen LogP contribution is 2.34. The molecule has 1 aliphatic heterocycles. The van der Waals surface area contributed by atoms with Crippen LogP contribution in [0.3, 0.4) is 0 Å². The van der Waals surface area contributed by atoms with Gasteiger partial charge in [0.1, 0.15) is 11.4 Å². The van der Waals surface area contributed by atoms with Gasteiger partial charge < -0.3 is 29.6 Å². The van der Waals surface area contributed by atoms with Crippen LogP contribution in [0.2, 0.25) is 0 Å². The summed E-state index contributed by atoms with van der Waals surface area (Å²) >= 11 is 0. The lowest BCUT2D eigenvalue weighted by Crippen LogP contribution is -2.37. The van der Waals surface area contributed by atoms with Crippen LogP contribution in [0.25, 0.3) is 22.6 Å². The third-order valence-corrected chi connectivity index (χ3v) is 6.12. The van der Waals surface area contributed by atoms with E-state index < -0.39 is 34.8 Å². The Morgan fingerprint density at radius 1 is 1.11 bits per heavy atom. The number of benzene rings is 1. The van der Waals surface area contributed by atoms with Crippen LogP contribution in [0.4, 0.5) is 36.2 Å². The first-order valence-electron chi connectivity index (χ1n) is 11.6. The van der Waals surface area contributed by atoms with E-state index >= 15 is 8.78 Å². The fourth-order valence-corrected chi connectivity index (χ4v) is 4.22. The highest BCUT2D eigenvalue weighted by Gasteiger charge is 2.28. The Morgan fingerprint density at radius 3 is 2.55 bits per heavy atom. The Kier molecular flexibility index (Phi) is 6.72. The molecule has 3 aromatic heterocycles. The SMILES string of the molecule is CNc1nc(Nc2cc(F)c(N3CCOCC3)c(F)c2F)c(C(=O)OC)nc1-c1nc2ccncc2n1C. The first-order chi connectivity index (χ1) is 18.3. The van der Waals surface area contributed by atoms with Gasteiger partial charge in [0.15, 0.2) is 40.6 Å². The summed E-state index contributed by atoms with van der Waals surface area (Å²) in [6.07, 6.45) is 3.22. The van der Waals surface area contributed by atoms with E-state index in [2.05, 4.69) is 30.6 Å². The fraction of sp³-hybridized carbons (Fsp3) is 0.292. The summed E-state index contributed by atoms with van der Waals surface area (Å²) in [6, 6.07) is 2.52. The summed E-state index contributed by atoms with van der Waals surface area (Å²) in [7, 11) is 4.45. The maximum absolute atomic E-state index is 15.1. The molecule has 4 aromatic rings. The summed E-state index contributed by atoms with van der Waals surface area (Å²) in [6.45, 7) is 0.951. The lowest BCUT2D eigenvalue weighted by molar-refractivity contribution is 0.0595. The largest absolute Gasteiger partial charge is 0.464 e. The van der Waals surface area contributed by atoms with Gasteiger partial charge in [-0.2, -0.15) is 0 Å². The second-order valence-corrected chi connectivity index (χ2v) is 8.33. The topological polar surface area (TPSA) is 119 Å². The quantitative estimate of drug-likeness (QED) is 0.285. The van der Waals surface area contributed by atoms with Crippen molar-refractivity contribution in [3.8, 4) is 11.5 Å². The van der Waals surface area contributed by atoms with Gasteiger partial charge in [0, 0.05) is 39.4 Å². The van der Waals surface area contributed by atoms with Crippen molar-refractivity contribution in [2.45, 2.75) is 0 Å². The van der Waals surface area contributed by atoms with Crippen LogP contribution in [0.15, 0.2) is 24.5 Å². The molecule has 0 saturated carbocycles. The fourth-order valence-electron chi connectivity index (χ4n) is 4.22. The number of rotatable bonds is 6. The van der Waals surface area contributed by atoms with Crippen molar-refractivity contribution in [3.63, 3.8) is 0 Å². The van der Waals surface area contributed by atoms with Crippen molar-refractivity contribution >= 4 is 40.0 Å². The summed E-state index contributed by atoms with van der Waals surface area (Å²) in [5.74, 6) is -4.36. The van der Waals surface area contributed by atoms with E-state index in [0.717, 1.165) is 13.2 Å². The molecule has 1 saturated heterocycles. The first-order valence-corrected chi connectivity index (χ1v) is 11.6. The maximum atomic E-state index is 15.1. The number of carbonyl (C=O) groups excluding carboxylic acids is 1. The van der Waals surface area contributed by atoms with Crippen LogP contribution in [0, 0.1) is 17.5 Å². The highest BCUT2D eigenvalue weighted by molar-refractivity contribution is 5.95. The Hall–Kier alpha value is -4.46. The van der Waals surface area contributed by atoms with Crippen molar-refractivity contribution in [1.82, 2.24) is 24.5 Å². The monoisotopic (exact) mass is 528 g/mol. The van der Waals surface area contributed by atoms with Crippen LogP contribution < -0.4 is 15.5 Å². The van der Waals surface area contributed by atoms with Gasteiger partial charge in [0.25, 0.3) is 0 Å². The van der Waals surface area contributed by atoms with Gasteiger partial charge in [-0.05, 0) is 6.07 Å². The Balaban J connectivity index is 1.60. The molecule has 1 aliphatic rings. The number of methoxy groups -OCH3 is 1. The van der Waals surface area contributed by atoms with Gasteiger partial charge in [0.2, 0.25) is 0 Å². The molecule has 1 fully saturated rings. The molecule has 0 unspecified atom stereocenters. The second kappa shape index (κ2) is 10.1. The minimum atomic E-state index is -1.37. The van der Waals surface area contributed by atoms with Gasteiger partial charge in [-0.1, -0.05) is 0 Å². The minimum Gasteiger partial charge on any atom is -0.464 e. The molecule has 14 heteroatoms. The number of fused-ring (bicyclic) bond motifs is 1. The molecule has 0 spiro atoms. The number of esters is 1. The standard InChI is InChI=1S/C24H23F3N8O3/c1-28-21-18(23-31-13-4-5-29-11-15(13)34(23)2)32-19(24(36)37-3)22(33-21)30-14-10-12(25)20(17(27)16(14)26)35-6-8-38-9-7-35/h4-5,10-11H,6-9H2,1-3H3,(H2,28,30,33). The number of aryl methyl sites for hydroxylation is 1. The Bertz CT molecular complexity index is 1540. The van der Waals surface area contributed by atoms with Gasteiger partial charge in [-0.3, -0.25) is 4.98 Å². The average molecular weight is 528 g/mol. The number of halogens is 3. The smallest absolute Gasteiger partial charge is 0.360 e. The molecule has 38 heavy (non-hydrogen) atoms. The third kappa shape index (κ3) is 4.32. The zero-order chi connectivity index (χ0) is 27.0. The van der Waals surface area contributed by atoms with E-state index in [-0.39, 0.29) is 49.3 Å². The number of carbonyl (C=O) groups is 1. The minimum absolute atomic E-state index is 0.165. The van der Waals surface area contributed by atoms with Gasteiger partial charge >= 0.3 is 5.97 Å². The van der Waals surface area contributed by atoms with Crippen molar-refractivity contribution in [2.75, 3.05) is 56.0 Å². The summed E-state index contributed by atoms with van der Waals surface area (Å²) < 4.78 is 56.9. The zero-order valence-electron chi connectivity index (χ0n) is 20.7. The van der Waals surface area contributed by atoms with Gasteiger partial charge in [-0.15, -0.1) is 0 Å². The lowest BCUT2D eigenvalue weighted by Gasteiger charge is -2.29. The van der Waals surface area contributed by atoms with Crippen molar-refractivity contribution in [1.29, 1.82) is 0 Å². The molecule has 5 rings (SSSR count). The molecule has 1 aromatic carbocycles. The molecule has 0 atom stereocenters. The van der Waals surface area contributed by atoms with Crippen molar-refractivity contribution in [3.05, 3.63) is 47.7 Å². The number of ether oxygens (including phenoxy) is 2. The summed E-state index contributed by atoms with van der Waals surface area (Å²) in [5, 5.41) is 5.38. The second-order valence-electron chi connectivity index (χ2n) is 8.33. The van der Waals surface area contributed by atoms with E-state index in [1.54, 1.807) is 37.1 Å². The van der Waals surface area contributed by atoms with Crippen LogP contribution >= 0.6 is 0 Å². The normalized spacial score (nSPS) is 13.6. The summed E-state index contributed by atoms with van der Waals surface area (Å²) in [5.41, 5.74) is 0.137. The number of nitrogens with one attached hydrogen (secondary N) is 2. The molecule has 2 N–H and O–H groups in total. The van der Waals surface area contributed by atoms with E-state index in [1.807, 2.05) is 0 Å². The van der Waals surface area contributed by atoms with E-state index in [9.17, 15) is 9.18 Å². The number of nitrogens with zero attached hydrogens (tertiary/aromatic N) is 6. The number of pyridine rings is 1. The highest BCUT2D eigenvalue weighted by atomic mass is 19.2. The van der Waals surface area contributed by atoms with Crippen LogP contribution in [0.1, 0.15) is 10.5 Å². The predicted molar refractivity (Wildman–Crippen MR) is 133 cm³/mol. The Morgan fingerprint density at radius 2 is 1.87 bits per heavy atom. The average Bonchev–Trinajstić information content (AvgIpc) is 3.27. The van der Waals surface area contributed by atoms with E-state index in [4.69, 9.17) is 9.47 Å². The van der Waals surface area contributed by atoms with Gasteiger partial charge in [-0.25, -0.2) is 32.9 Å². The number of imidazole rings is 1. The lowest BCUT2D eigenvalue weighted by atomic mass is 10.2. The van der Waals surface area contributed by atoms with Crippen molar-refractivity contribution < 1.29 is 27.4 Å². The third-order valence-electron chi connectivity index (χ3n) is 6.12. The molecule has 0 radical (unpaired) electrons. The molecule has 11 nitrogen and oxygen atoms in total. The van der Waals surface area contributed by atoms with E-state index in [1.165, 1.54) is 4.90 Å². The van der Waals surface area contributed by atoms with Crippen LogP contribution in [-0.4, -0.2) is 70.9 Å². The molecule has 4 heterocycles. The molecule has 0 amide bonds. The first kappa shape index (κ1) is 25.2. The molecule has 0 aliphatic carbocycles. The summed E-state index contributed by atoms with van der Waals surface area (Å²) in [4.78, 5) is 31.5. The zero-order valence-corrected chi connectivity index (χ0v) is 20.7. The van der Waals surface area contributed by atoms with Crippen LogP contribution in [0.5, 0.6) is 0 Å². The van der Waals surface area contributed by atoms with Gasteiger partial charge in [0.05, 0.1) is 43.2 Å². The number of morpholine rings is 1. The van der Waals surface area contributed by atoms with E-state index in [0.29, 0.717) is 16.9 Å². The number of hydrogen-bond acceptors (Lipinski definition) is 10. The molecular weight excluding hydrogens is 505 g/mol. The predicted octanol–water partition coefficient (Wildman–Crippen LogP) is 3.25. The van der Waals surface area contributed by atoms with Crippen LogP contribution in [-0.2, 0) is 16.5 Å². The molecular formula is C24H23F3N8O3. The molecule has 198 valence electrons. The van der Waals surface area contributed by atoms with Crippen molar-refractivity contribution in [2.24, 2.45) is 7.05 Å². The number of anilines is 4. The maximum Gasteiger partial charge on any atom is 0.360 e.